The minimum absolute atomic E-state index is 0.140. The number of aromatic amines is 1. The summed E-state index contributed by atoms with van der Waals surface area (Å²) < 4.78 is 5.13. The molecule has 6 nitrogen and oxygen atoms in total. The van der Waals surface area contributed by atoms with Gasteiger partial charge < -0.3 is 15.2 Å². The van der Waals surface area contributed by atoms with E-state index < -0.39 is 6.10 Å². The first-order chi connectivity index (χ1) is 11.1. The van der Waals surface area contributed by atoms with E-state index in [1.54, 1.807) is 7.11 Å². The van der Waals surface area contributed by atoms with Gasteiger partial charge in [-0.3, -0.25) is 9.89 Å². The second-order valence-corrected chi connectivity index (χ2v) is 5.55. The van der Waals surface area contributed by atoms with E-state index in [9.17, 15) is 9.90 Å². The molecule has 1 aromatic carbocycles. The van der Waals surface area contributed by atoms with E-state index in [0.29, 0.717) is 11.3 Å². The zero-order valence-electron chi connectivity index (χ0n) is 13.7. The van der Waals surface area contributed by atoms with Crippen LogP contribution >= 0.6 is 0 Å². The fourth-order valence-corrected chi connectivity index (χ4v) is 2.20. The van der Waals surface area contributed by atoms with Crippen molar-refractivity contribution in [3.8, 4) is 17.0 Å². The second kappa shape index (κ2) is 7.78. The third kappa shape index (κ3) is 4.10. The Labute approximate surface area is 135 Å². The molecule has 0 saturated heterocycles. The lowest BCUT2D eigenvalue weighted by molar-refractivity contribution is 0.0851. The van der Waals surface area contributed by atoms with Gasteiger partial charge in [0, 0.05) is 12.1 Å². The number of methoxy groups -OCH3 is 1. The number of H-pyrrole nitrogens is 1. The predicted molar refractivity (Wildman–Crippen MR) is 88.4 cm³/mol. The van der Waals surface area contributed by atoms with Crippen molar-refractivity contribution in [1.29, 1.82) is 0 Å². The molecule has 2 rings (SSSR count). The molecule has 3 N–H and O–H groups in total. The normalized spacial score (nSPS) is 13.4. The summed E-state index contributed by atoms with van der Waals surface area (Å²) in [7, 11) is 1.60. The summed E-state index contributed by atoms with van der Waals surface area (Å²) in [4.78, 5) is 12.3. The first kappa shape index (κ1) is 17.0. The zero-order chi connectivity index (χ0) is 16.8. The van der Waals surface area contributed by atoms with E-state index in [-0.39, 0.29) is 18.4 Å². The van der Waals surface area contributed by atoms with Gasteiger partial charge in [-0.15, -0.1) is 0 Å². The molecular weight excluding hydrogens is 294 g/mol. The van der Waals surface area contributed by atoms with Crippen molar-refractivity contribution in [2.45, 2.75) is 26.4 Å². The van der Waals surface area contributed by atoms with Gasteiger partial charge in [-0.2, -0.15) is 5.10 Å². The lowest BCUT2D eigenvalue weighted by Crippen LogP contribution is -2.35. The molecule has 0 spiro atoms. The number of aromatic nitrogens is 2. The number of aliphatic hydroxyl groups excluding tert-OH is 1. The summed E-state index contributed by atoms with van der Waals surface area (Å²) >= 11 is 0. The summed E-state index contributed by atoms with van der Waals surface area (Å²) in [6.45, 7) is 4.19. The fourth-order valence-electron chi connectivity index (χ4n) is 2.20. The minimum atomic E-state index is -0.555. The standard InChI is InChI=1S/C17H23N3O3/c1-4-11(2)15(21)10-18-17(22)14-9-19-20-16(14)12-5-7-13(23-3)8-6-12/h5-9,11,15,21H,4,10H2,1-3H3,(H,18,22)(H,19,20). The molecule has 1 aromatic heterocycles. The summed E-state index contributed by atoms with van der Waals surface area (Å²) in [6.07, 6.45) is 1.80. The topological polar surface area (TPSA) is 87.2 Å². The van der Waals surface area contributed by atoms with E-state index >= 15 is 0 Å². The highest BCUT2D eigenvalue weighted by Crippen LogP contribution is 2.23. The van der Waals surface area contributed by atoms with Crippen LogP contribution in [0.2, 0.25) is 0 Å². The van der Waals surface area contributed by atoms with E-state index in [2.05, 4.69) is 15.5 Å². The van der Waals surface area contributed by atoms with Crippen LogP contribution in [0.25, 0.3) is 11.3 Å². The zero-order valence-corrected chi connectivity index (χ0v) is 13.7. The first-order valence-electron chi connectivity index (χ1n) is 7.70. The molecule has 6 heteroatoms. The van der Waals surface area contributed by atoms with Gasteiger partial charge in [0.2, 0.25) is 0 Å². The molecule has 0 saturated carbocycles. The summed E-state index contributed by atoms with van der Waals surface area (Å²) in [5.74, 6) is 0.628. The van der Waals surface area contributed by atoms with Crippen molar-refractivity contribution in [3.63, 3.8) is 0 Å². The smallest absolute Gasteiger partial charge is 0.255 e. The number of amides is 1. The fraction of sp³-hybridized carbons (Fsp3) is 0.412. The second-order valence-electron chi connectivity index (χ2n) is 5.55. The van der Waals surface area contributed by atoms with Crippen LogP contribution in [0.5, 0.6) is 5.75 Å². The number of hydrogen-bond acceptors (Lipinski definition) is 4. The molecule has 0 aliphatic rings. The van der Waals surface area contributed by atoms with Gasteiger partial charge in [0.25, 0.3) is 5.91 Å². The maximum absolute atomic E-state index is 12.3. The third-order valence-electron chi connectivity index (χ3n) is 4.04. The van der Waals surface area contributed by atoms with E-state index in [0.717, 1.165) is 17.7 Å². The van der Waals surface area contributed by atoms with Gasteiger partial charge in [-0.1, -0.05) is 20.3 Å². The summed E-state index contributed by atoms with van der Waals surface area (Å²) in [5, 5.41) is 19.5. The number of nitrogens with zero attached hydrogens (tertiary/aromatic N) is 1. The molecule has 0 fully saturated rings. The third-order valence-corrected chi connectivity index (χ3v) is 4.04. The largest absolute Gasteiger partial charge is 0.497 e. The molecular formula is C17H23N3O3. The Hall–Kier alpha value is -2.34. The highest BCUT2D eigenvalue weighted by molar-refractivity contribution is 5.99. The number of benzene rings is 1. The lowest BCUT2D eigenvalue weighted by Gasteiger charge is -2.17. The van der Waals surface area contributed by atoms with Crippen molar-refractivity contribution >= 4 is 5.91 Å². The van der Waals surface area contributed by atoms with Crippen molar-refractivity contribution < 1.29 is 14.6 Å². The molecule has 0 aliphatic heterocycles. The van der Waals surface area contributed by atoms with Crippen molar-refractivity contribution in [1.82, 2.24) is 15.5 Å². The molecule has 1 heterocycles. The molecule has 124 valence electrons. The molecule has 2 atom stereocenters. The molecule has 0 bridgehead atoms. The number of aliphatic hydroxyl groups is 1. The van der Waals surface area contributed by atoms with E-state index in [1.807, 2.05) is 38.1 Å². The Bertz CT molecular complexity index is 637. The molecule has 0 aliphatic carbocycles. The lowest BCUT2D eigenvalue weighted by atomic mass is 10.0. The average Bonchev–Trinajstić information content (AvgIpc) is 3.08. The van der Waals surface area contributed by atoms with Gasteiger partial charge in [0.1, 0.15) is 5.75 Å². The average molecular weight is 317 g/mol. The Kier molecular flexibility index (Phi) is 5.76. The highest BCUT2D eigenvalue weighted by Gasteiger charge is 2.18. The van der Waals surface area contributed by atoms with Gasteiger partial charge in [-0.25, -0.2) is 0 Å². The monoisotopic (exact) mass is 317 g/mol. The Morgan fingerprint density at radius 1 is 1.39 bits per heavy atom. The van der Waals surface area contributed by atoms with E-state index in [1.165, 1.54) is 6.20 Å². The number of ether oxygens (including phenoxy) is 1. The van der Waals surface area contributed by atoms with Crippen LogP contribution in [0, 0.1) is 5.92 Å². The number of carbonyl (C=O) groups is 1. The quantitative estimate of drug-likeness (QED) is 0.731. The molecule has 23 heavy (non-hydrogen) atoms. The number of nitrogens with one attached hydrogen (secondary N) is 2. The van der Waals surface area contributed by atoms with Crippen LogP contribution in [0.4, 0.5) is 0 Å². The van der Waals surface area contributed by atoms with Crippen LogP contribution in [0.1, 0.15) is 30.6 Å². The number of carbonyl (C=O) groups excluding carboxylic acids is 1. The molecule has 2 aromatic rings. The van der Waals surface area contributed by atoms with Crippen LogP contribution in [-0.2, 0) is 0 Å². The van der Waals surface area contributed by atoms with Gasteiger partial charge in [0.15, 0.2) is 0 Å². The van der Waals surface area contributed by atoms with Crippen LogP contribution in [0.15, 0.2) is 30.5 Å². The van der Waals surface area contributed by atoms with Gasteiger partial charge in [-0.05, 0) is 30.2 Å². The maximum atomic E-state index is 12.3. The predicted octanol–water partition coefficient (Wildman–Crippen LogP) is 2.22. The maximum Gasteiger partial charge on any atom is 0.255 e. The number of rotatable bonds is 7. The molecule has 0 radical (unpaired) electrons. The molecule has 1 amide bonds. The Balaban J connectivity index is 2.09. The van der Waals surface area contributed by atoms with Crippen LogP contribution in [-0.4, -0.2) is 41.0 Å². The Morgan fingerprint density at radius 2 is 2.09 bits per heavy atom. The summed E-state index contributed by atoms with van der Waals surface area (Å²) in [6, 6.07) is 7.36. The number of hydrogen-bond donors (Lipinski definition) is 3. The van der Waals surface area contributed by atoms with E-state index in [4.69, 9.17) is 4.74 Å². The van der Waals surface area contributed by atoms with Crippen LogP contribution < -0.4 is 10.1 Å². The minimum Gasteiger partial charge on any atom is -0.497 e. The van der Waals surface area contributed by atoms with Crippen LogP contribution in [0.3, 0.4) is 0 Å². The SMILES string of the molecule is CCC(C)C(O)CNC(=O)c1cn[nH]c1-c1ccc(OC)cc1. The van der Waals surface area contributed by atoms with Crippen molar-refractivity contribution in [3.05, 3.63) is 36.0 Å². The first-order valence-corrected chi connectivity index (χ1v) is 7.70. The summed E-state index contributed by atoms with van der Waals surface area (Å²) in [5.41, 5.74) is 1.94. The van der Waals surface area contributed by atoms with Gasteiger partial charge in [0.05, 0.1) is 30.7 Å². The highest BCUT2D eigenvalue weighted by atomic mass is 16.5. The van der Waals surface area contributed by atoms with Gasteiger partial charge >= 0.3 is 0 Å². The Morgan fingerprint density at radius 3 is 2.70 bits per heavy atom. The van der Waals surface area contributed by atoms with Crippen molar-refractivity contribution in [2.24, 2.45) is 5.92 Å². The van der Waals surface area contributed by atoms with Crippen molar-refractivity contribution in [2.75, 3.05) is 13.7 Å². The molecule has 2 unspecified atom stereocenters.